The largest absolute Gasteiger partial charge is 0.399 e. The van der Waals surface area contributed by atoms with E-state index in [1.54, 1.807) is 0 Å². The molecule has 0 aliphatic carbocycles. The normalized spacial score (nSPS) is 11.1. The molecule has 3 nitrogen and oxygen atoms in total. The third-order valence-electron chi connectivity index (χ3n) is 2.96. The number of pyridine rings is 1. The fourth-order valence-electron chi connectivity index (χ4n) is 2.08. The lowest BCUT2D eigenvalue weighted by molar-refractivity contribution is 0.695. The van der Waals surface area contributed by atoms with E-state index in [9.17, 15) is 0 Å². The average molecular weight is 229 g/mol. The first-order valence-electron chi connectivity index (χ1n) is 6.04. The number of nitrogens with zero attached hydrogens (tertiary/aromatic N) is 2. The van der Waals surface area contributed by atoms with Crippen LogP contribution in [0.25, 0.3) is 10.9 Å². The van der Waals surface area contributed by atoms with Crippen molar-refractivity contribution in [2.75, 3.05) is 17.2 Å². The van der Waals surface area contributed by atoms with Gasteiger partial charge in [-0.05, 0) is 51.1 Å². The first-order valence-corrected chi connectivity index (χ1v) is 6.04. The van der Waals surface area contributed by atoms with Gasteiger partial charge in [-0.3, -0.25) is 0 Å². The smallest absolute Gasteiger partial charge is 0.129 e. The second kappa shape index (κ2) is 4.62. The number of rotatable bonds is 3. The highest BCUT2D eigenvalue weighted by Crippen LogP contribution is 2.21. The highest BCUT2D eigenvalue weighted by atomic mass is 15.2. The maximum Gasteiger partial charge on any atom is 0.129 e. The summed E-state index contributed by atoms with van der Waals surface area (Å²) in [6.45, 7) is 7.47. The van der Waals surface area contributed by atoms with Gasteiger partial charge in [0.1, 0.15) is 5.82 Å². The molecule has 3 heteroatoms. The fraction of sp³-hybridized carbons (Fsp3) is 0.357. The van der Waals surface area contributed by atoms with Crippen molar-refractivity contribution in [2.24, 2.45) is 0 Å². The van der Waals surface area contributed by atoms with Crippen LogP contribution in [0, 0.1) is 0 Å². The summed E-state index contributed by atoms with van der Waals surface area (Å²) in [6.07, 6.45) is 0. The predicted octanol–water partition coefficient (Wildman–Crippen LogP) is 3.05. The number of aromatic nitrogens is 1. The maximum absolute atomic E-state index is 5.76. The summed E-state index contributed by atoms with van der Waals surface area (Å²) in [6, 6.07) is 10.4. The van der Waals surface area contributed by atoms with Crippen molar-refractivity contribution in [1.82, 2.24) is 4.98 Å². The Morgan fingerprint density at radius 3 is 2.65 bits per heavy atom. The van der Waals surface area contributed by atoms with E-state index in [0.717, 1.165) is 29.0 Å². The molecule has 0 aliphatic rings. The molecule has 0 fully saturated rings. The van der Waals surface area contributed by atoms with Crippen LogP contribution in [0.1, 0.15) is 20.8 Å². The van der Waals surface area contributed by atoms with Gasteiger partial charge < -0.3 is 10.6 Å². The molecule has 90 valence electrons. The van der Waals surface area contributed by atoms with Gasteiger partial charge >= 0.3 is 0 Å². The van der Waals surface area contributed by atoms with Crippen molar-refractivity contribution < 1.29 is 0 Å². The molecular formula is C14H19N3. The van der Waals surface area contributed by atoms with Gasteiger partial charge in [0.2, 0.25) is 0 Å². The molecule has 17 heavy (non-hydrogen) atoms. The SMILES string of the molecule is CCN(c1ccc2cc(N)ccc2n1)C(C)C. The van der Waals surface area contributed by atoms with Crippen LogP contribution in [0.5, 0.6) is 0 Å². The number of hydrogen-bond acceptors (Lipinski definition) is 3. The van der Waals surface area contributed by atoms with Crippen LogP contribution in [-0.4, -0.2) is 17.6 Å². The topological polar surface area (TPSA) is 42.1 Å². The lowest BCUT2D eigenvalue weighted by Crippen LogP contribution is -2.30. The third-order valence-corrected chi connectivity index (χ3v) is 2.96. The second-order valence-electron chi connectivity index (χ2n) is 4.50. The number of fused-ring (bicyclic) bond motifs is 1. The van der Waals surface area contributed by atoms with Gasteiger partial charge in [-0.15, -0.1) is 0 Å². The zero-order chi connectivity index (χ0) is 12.4. The molecule has 2 rings (SSSR count). The van der Waals surface area contributed by atoms with Crippen molar-refractivity contribution >= 4 is 22.4 Å². The van der Waals surface area contributed by atoms with Crippen LogP contribution in [0.2, 0.25) is 0 Å². The molecule has 2 N–H and O–H groups in total. The molecule has 2 aromatic rings. The van der Waals surface area contributed by atoms with E-state index in [4.69, 9.17) is 5.73 Å². The Balaban J connectivity index is 2.47. The Morgan fingerprint density at radius 1 is 1.24 bits per heavy atom. The average Bonchev–Trinajstić information content (AvgIpc) is 2.29. The molecule has 0 bridgehead atoms. The van der Waals surface area contributed by atoms with Crippen LogP contribution < -0.4 is 10.6 Å². The van der Waals surface area contributed by atoms with Gasteiger partial charge in [-0.25, -0.2) is 4.98 Å². The minimum atomic E-state index is 0.457. The van der Waals surface area contributed by atoms with E-state index >= 15 is 0 Å². The Kier molecular flexibility index (Phi) is 3.18. The van der Waals surface area contributed by atoms with Gasteiger partial charge in [-0.1, -0.05) is 0 Å². The van der Waals surface area contributed by atoms with Crippen molar-refractivity contribution in [2.45, 2.75) is 26.8 Å². The molecule has 1 aromatic carbocycles. The highest BCUT2D eigenvalue weighted by Gasteiger charge is 2.09. The Morgan fingerprint density at radius 2 is 2.00 bits per heavy atom. The summed E-state index contributed by atoms with van der Waals surface area (Å²) >= 11 is 0. The summed E-state index contributed by atoms with van der Waals surface area (Å²) in [5.74, 6) is 1.03. The zero-order valence-corrected chi connectivity index (χ0v) is 10.6. The molecular weight excluding hydrogens is 210 g/mol. The number of anilines is 2. The van der Waals surface area contributed by atoms with E-state index in [0.29, 0.717) is 6.04 Å². The summed E-state index contributed by atoms with van der Waals surface area (Å²) in [7, 11) is 0. The van der Waals surface area contributed by atoms with Crippen molar-refractivity contribution in [3.05, 3.63) is 30.3 Å². The Bertz CT molecular complexity index is 520. The summed E-state index contributed by atoms with van der Waals surface area (Å²) < 4.78 is 0. The molecule has 0 aliphatic heterocycles. The van der Waals surface area contributed by atoms with Crippen LogP contribution in [-0.2, 0) is 0 Å². The molecule has 1 aromatic heterocycles. The standard InChI is InChI=1S/C14H19N3/c1-4-17(10(2)3)14-8-5-11-9-12(15)6-7-13(11)16-14/h5-10H,4,15H2,1-3H3. The van der Waals surface area contributed by atoms with Crippen LogP contribution in [0.3, 0.4) is 0 Å². The van der Waals surface area contributed by atoms with E-state index in [2.05, 4.69) is 42.8 Å². The number of nitrogens with two attached hydrogens (primary N) is 1. The number of hydrogen-bond donors (Lipinski definition) is 1. The first-order chi connectivity index (χ1) is 8.11. The van der Waals surface area contributed by atoms with E-state index < -0.39 is 0 Å². The minimum absolute atomic E-state index is 0.457. The summed E-state index contributed by atoms with van der Waals surface area (Å²) in [5, 5.41) is 1.09. The monoisotopic (exact) mass is 229 g/mol. The van der Waals surface area contributed by atoms with E-state index in [1.807, 2.05) is 18.2 Å². The molecule has 0 unspecified atom stereocenters. The zero-order valence-electron chi connectivity index (χ0n) is 10.6. The lowest BCUT2D eigenvalue weighted by atomic mass is 10.2. The van der Waals surface area contributed by atoms with Gasteiger partial charge in [0.15, 0.2) is 0 Å². The first kappa shape index (κ1) is 11.7. The Hall–Kier alpha value is -1.77. The maximum atomic E-state index is 5.76. The molecule has 0 spiro atoms. The van der Waals surface area contributed by atoms with Crippen molar-refractivity contribution in [3.63, 3.8) is 0 Å². The predicted molar refractivity (Wildman–Crippen MR) is 74.3 cm³/mol. The molecule has 0 saturated carbocycles. The van der Waals surface area contributed by atoms with Crippen molar-refractivity contribution in [1.29, 1.82) is 0 Å². The Labute approximate surface area is 102 Å². The molecule has 0 atom stereocenters. The molecule has 1 heterocycles. The minimum Gasteiger partial charge on any atom is -0.399 e. The summed E-state index contributed by atoms with van der Waals surface area (Å²) in [4.78, 5) is 6.95. The van der Waals surface area contributed by atoms with Gasteiger partial charge in [0.05, 0.1) is 5.52 Å². The van der Waals surface area contributed by atoms with Crippen molar-refractivity contribution in [3.8, 4) is 0 Å². The van der Waals surface area contributed by atoms with Crippen LogP contribution in [0.4, 0.5) is 11.5 Å². The number of nitrogen functional groups attached to an aromatic ring is 1. The third kappa shape index (κ3) is 2.33. The van der Waals surface area contributed by atoms with E-state index in [-0.39, 0.29) is 0 Å². The number of benzene rings is 1. The second-order valence-corrected chi connectivity index (χ2v) is 4.50. The van der Waals surface area contributed by atoms with Gasteiger partial charge in [-0.2, -0.15) is 0 Å². The molecule has 0 amide bonds. The highest BCUT2D eigenvalue weighted by molar-refractivity contribution is 5.83. The van der Waals surface area contributed by atoms with Crippen LogP contribution in [0.15, 0.2) is 30.3 Å². The lowest BCUT2D eigenvalue weighted by Gasteiger charge is -2.26. The fourth-order valence-corrected chi connectivity index (χ4v) is 2.08. The molecule has 0 saturated heterocycles. The van der Waals surface area contributed by atoms with Gasteiger partial charge in [0, 0.05) is 23.7 Å². The quantitative estimate of drug-likeness (QED) is 0.822. The van der Waals surface area contributed by atoms with Crippen LogP contribution >= 0.6 is 0 Å². The summed E-state index contributed by atoms with van der Waals surface area (Å²) in [5.41, 5.74) is 7.53. The van der Waals surface area contributed by atoms with E-state index in [1.165, 1.54) is 0 Å². The molecule has 0 radical (unpaired) electrons. The van der Waals surface area contributed by atoms with Gasteiger partial charge in [0.25, 0.3) is 0 Å².